The molecule has 0 saturated heterocycles. The molecule has 1 amide bonds. The van der Waals surface area contributed by atoms with Crippen LogP contribution in [0.1, 0.15) is 51.0 Å². The Balaban J connectivity index is 1.94. The fourth-order valence-corrected chi connectivity index (χ4v) is 2.16. The van der Waals surface area contributed by atoms with Crippen LogP contribution in [0.2, 0.25) is 0 Å². The predicted molar refractivity (Wildman–Crippen MR) is 87.6 cm³/mol. The van der Waals surface area contributed by atoms with Crippen molar-refractivity contribution in [2.45, 2.75) is 46.0 Å². The van der Waals surface area contributed by atoms with Gasteiger partial charge >= 0.3 is 0 Å². The summed E-state index contributed by atoms with van der Waals surface area (Å²) in [5.74, 6) is 1.91. The number of rotatable bonds is 7. The number of amides is 1. The Morgan fingerprint density at radius 2 is 2.00 bits per heavy atom. The SMILES string of the molecule is CCCNC(=O)CCc1ncc(-c2ccc(C(C)C)cc2)o1. The van der Waals surface area contributed by atoms with Gasteiger partial charge in [-0.25, -0.2) is 4.98 Å². The molecule has 1 aromatic heterocycles. The van der Waals surface area contributed by atoms with Gasteiger partial charge < -0.3 is 9.73 Å². The minimum atomic E-state index is 0.0443. The summed E-state index contributed by atoms with van der Waals surface area (Å²) in [6.07, 6.45) is 3.61. The topological polar surface area (TPSA) is 55.1 Å². The van der Waals surface area contributed by atoms with E-state index in [1.807, 2.05) is 19.1 Å². The van der Waals surface area contributed by atoms with Crippen LogP contribution in [0, 0.1) is 0 Å². The predicted octanol–water partition coefficient (Wildman–Crippen LogP) is 3.92. The van der Waals surface area contributed by atoms with Gasteiger partial charge in [0.25, 0.3) is 0 Å². The average Bonchev–Trinajstić information content (AvgIpc) is 3.00. The maximum Gasteiger partial charge on any atom is 0.220 e. The second kappa shape index (κ2) is 7.78. The third-order valence-corrected chi connectivity index (χ3v) is 3.55. The number of benzene rings is 1. The lowest BCUT2D eigenvalue weighted by molar-refractivity contribution is -0.121. The molecule has 0 radical (unpaired) electrons. The molecule has 2 aromatic rings. The summed E-state index contributed by atoms with van der Waals surface area (Å²) in [5, 5.41) is 2.85. The van der Waals surface area contributed by atoms with Crippen LogP contribution >= 0.6 is 0 Å². The Morgan fingerprint density at radius 1 is 1.27 bits per heavy atom. The van der Waals surface area contributed by atoms with E-state index in [-0.39, 0.29) is 5.91 Å². The average molecular weight is 300 g/mol. The first-order valence-corrected chi connectivity index (χ1v) is 7.92. The monoisotopic (exact) mass is 300 g/mol. The number of oxazole rings is 1. The van der Waals surface area contributed by atoms with E-state index in [0.29, 0.717) is 24.7 Å². The number of aromatic nitrogens is 1. The number of aryl methyl sites for hydroxylation is 1. The summed E-state index contributed by atoms with van der Waals surface area (Å²) >= 11 is 0. The molecular formula is C18H24N2O2. The number of carbonyl (C=O) groups is 1. The zero-order chi connectivity index (χ0) is 15.9. The summed E-state index contributed by atoms with van der Waals surface area (Å²) in [5.41, 5.74) is 2.31. The summed E-state index contributed by atoms with van der Waals surface area (Å²) < 4.78 is 5.73. The van der Waals surface area contributed by atoms with Gasteiger partial charge in [0.2, 0.25) is 5.91 Å². The second-order valence-electron chi connectivity index (χ2n) is 5.74. The van der Waals surface area contributed by atoms with Crippen molar-refractivity contribution in [1.82, 2.24) is 10.3 Å². The Bertz CT molecular complexity index is 600. The van der Waals surface area contributed by atoms with Gasteiger partial charge in [-0.05, 0) is 17.9 Å². The van der Waals surface area contributed by atoms with Crippen LogP contribution in [0.3, 0.4) is 0 Å². The van der Waals surface area contributed by atoms with Gasteiger partial charge in [-0.3, -0.25) is 4.79 Å². The number of nitrogens with one attached hydrogen (secondary N) is 1. The molecule has 0 spiro atoms. The van der Waals surface area contributed by atoms with E-state index in [2.05, 4.69) is 36.3 Å². The van der Waals surface area contributed by atoms with Crippen molar-refractivity contribution in [3.8, 4) is 11.3 Å². The van der Waals surface area contributed by atoms with Crippen LogP contribution in [0.15, 0.2) is 34.9 Å². The molecule has 2 rings (SSSR count). The molecule has 4 nitrogen and oxygen atoms in total. The van der Waals surface area contributed by atoms with Crippen LogP contribution in [-0.2, 0) is 11.2 Å². The molecule has 0 fully saturated rings. The van der Waals surface area contributed by atoms with Gasteiger partial charge in [-0.15, -0.1) is 0 Å². The molecule has 0 bridgehead atoms. The quantitative estimate of drug-likeness (QED) is 0.843. The van der Waals surface area contributed by atoms with Crippen molar-refractivity contribution in [3.63, 3.8) is 0 Å². The molecule has 1 heterocycles. The van der Waals surface area contributed by atoms with Gasteiger partial charge in [0.15, 0.2) is 11.7 Å². The van der Waals surface area contributed by atoms with Crippen molar-refractivity contribution in [2.24, 2.45) is 0 Å². The maximum atomic E-state index is 11.6. The standard InChI is InChI=1S/C18H24N2O2/c1-4-11-19-17(21)9-10-18-20-12-16(22-18)15-7-5-14(6-8-15)13(2)3/h5-8,12-13H,4,9-11H2,1-3H3,(H,19,21). The summed E-state index contributed by atoms with van der Waals surface area (Å²) in [4.78, 5) is 15.8. The van der Waals surface area contributed by atoms with Gasteiger partial charge in [0.1, 0.15) is 0 Å². The van der Waals surface area contributed by atoms with Crippen molar-refractivity contribution in [3.05, 3.63) is 41.9 Å². The van der Waals surface area contributed by atoms with Gasteiger partial charge in [-0.1, -0.05) is 45.0 Å². The highest BCUT2D eigenvalue weighted by Gasteiger charge is 2.09. The minimum absolute atomic E-state index is 0.0443. The number of hydrogen-bond acceptors (Lipinski definition) is 3. The molecule has 1 aromatic carbocycles. The van der Waals surface area contributed by atoms with E-state index in [1.165, 1.54) is 5.56 Å². The molecule has 1 N–H and O–H groups in total. The smallest absolute Gasteiger partial charge is 0.220 e. The first kappa shape index (κ1) is 16.3. The number of carbonyl (C=O) groups excluding carboxylic acids is 1. The molecule has 0 aliphatic carbocycles. The normalized spacial score (nSPS) is 10.9. The zero-order valence-corrected chi connectivity index (χ0v) is 13.6. The summed E-state index contributed by atoms with van der Waals surface area (Å²) in [6.45, 7) is 7.10. The largest absolute Gasteiger partial charge is 0.441 e. The fraction of sp³-hybridized carbons (Fsp3) is 0.444. The van der Waals surface area contributed by atoms with Crippen LogP contribution in [-0.4, -0.2) is 17.4 Å². The highest BCUT2D eigenvalue weighted by Crippen LogP contribution is 2.23. The Kier molecular flexibility index (Phi) is 5.75. The van der Waals surface area contributed by atoms with Crippen LogP contribution in [0.25, 0.3) is 11.3 Å². The third-order valence-electron chi connectivity index (χ3n) is 3.55. The van der Waals surface area contributed by atoms with E-state index < -0.39 is 0 Å². The number of nitrogens with zero attached hydrogens (tertiary/aromatic N) is 1. The Hall–Kier alpha value is -2.10. The van der Waals surface area contributed by atoms with E-state index >= 15 is 0 Å². The lowest BCUT2D eigenvalue weighted by Crippen LogP contribution is -2.24. The molecule has 0 aliphatic rings. The molecule has 118 valence electrons. The van der Waals surface area contributed by atoms with Crippen molar-refractivity contribution in [2.75, 3.05) is 6.54 Å². The Labute approximate surface area is 131 Å². The highest BCUT2D eigenvalue weighted by molar-refractivity contribution is 5.75. The molecule has 22 heavy (non-hydrogen) atoms. The fourth-order valence-electron chi connectivity index (χ4n) is 2.16. The lowest BCUT2D eigenvalue weighted by atomic mass is 10.0. The van der Waals surface area contributed by atoms with Crippen molar-refractivity contribution in [1.29, 1.82) is 0 Å². The first-order chi connectivity index (χ1) is 10.6. The Morgan fingerprint density at radius 3 is 2.64 bits per heavy atom. The van der Waals surface area contributed by atoms with Gasteiger partial charge in [0, 0.05) is 24.9 Å². The molecule has 0 aliphatic heterocycles. The van der Waals surface area contributed by atoms with Gasteiger partial charge in [-0.2, -0.15) is 0 Å². The lowest BCUT2D eigenvalue weighted by Gasteiger charge is -2.05. The second-order valence-corrected chi connectivity index (χ2v) is 5.74. The van der Waals surface area contributed by atoms with Crippen molar-refractivity contribution < 1.29 is 9.21 Å². The molecule has 0 atom stereocenters. The summed E-state index contributed by atoms with van der Waals surface area (Å²) in [6, 6.07) is 8.32. The first-order valence-electron chi connectivity index (χ1n) is 7.92. The zero-order valence-electron chi connectivity index (χ0n) is 13.6. The third kappa shape index (κ3) is 4.45. The van der Waals surface area contributed by atoms with Crippen LogP contribution in [0.4, 0.5) is 0 Å². The minimum Gasteiger partial charge on any atom is -0.441 e. The van der Waals surface area contributed by atoms with E-state index in [1.54, 1.807) is 6.20 Å². The van der Waals surface area contributed by atoms with Crippen LogP contribution in [0.5, 0.6) is 0 Å². The van der Waals surface area contributed by atoms with E-state index in [0.717, 1.165) is 24.3 Å². The molecular weight excluding hydrogens is 276 g/mol. The summed E-state index contributed by atoms with van der Waals surface area (Å²) in [7, 11) is 0. The van der Waals surface area contributed by atoms with Gasteiger partial charge in [0.05, 0.1) is 6.20 Å². The van der Waals surface area contributed by atoms with E-state index in [9.17, 15) is 4.79 Å². The maximum absolute atomic E-state index is 11.6. The number of hydrogen-bond donors (Lipinski definition) is 1. The molecule has 0 unspecified atom stereocenters. The highest BCUT2D eigenvalue weighted by atomic mass is 16.4. The van der Waals surface area contributed by atoms with Crippen LogP contribution < -0.4 is 5.32 Å². The molecule has 4 heteroatoms. The van der Waals surface area contributed by atoms with E-state index in [4.69, 9.17) is 4.42 Å². The molecule has 0 saturated carbocycles. The van der Waals surface area contributed by atoms with Crippen molar-refractivity contribution >= 4 is 5.91 Å².